The van der Waals surface area contributed by atoms with Crippen molar-refractivity contribution in [3.63, 3.8) is 0 Å². The average Bonchev–Trinajstić information content (AvgIpc) is 2.88. The van der Waals surface area contributed by atoms with E-state index in [2.05, 4.69) is 34.1 Å². The smallest absolute Gasteiger partial charge is 0.161 e. The first kappa shape index (κ1) is 15.5. The summed E-state index contributed by atoms with van der Waals surface area (Å²) in [6, 6.07) is 11.7. The molecule has 2 aliphatic heterocycles. The Bertz CT molecular complexity index is 731. The Morgan fingerprint density at radius 3 is 2.96 bits per heavy atom. The fourth-order valence-electron chi connectivity index (χ4n) is 4.18. The summed E-state index contributed by atoms with van der Waals surface area (Å²) < 4.78 is 11.1. The number of hydrogen-bond donors (Lipinski definition) is 0. The predicted molar refractivity (Wildman–Crippen MR) is 93.4 cm³/mol. The van der Waals surface area contributed by atoms with Crippen LogP contribution in [0.5, 0.6) is 11.5 Å². The first-order valence-corrected chi connectivity index (χ1v) is 8.79. The maximum absolute atomic E-state index is 5.73. The summed E-state index contributed by atoms with van der Waals surface area (Å²) in [5.41, 5.74) is 4.00. The number of rotatable bonds is 5. The lowest BCUT2D eigenvalue weighted by atomic mass is 9.97. The molecule has 0 N–H and O–H groups in total. The lowest BCUT2D eigenvalue weighted by Crippen LogP contribution is -2.37. The maximum atomic E-state index is 5.73. The molecule has 0 aliphatic carbocycles. The van der Waals surface area contributed by atoms with Crippen LogP contribution < -0.4 is 9.47 Å². The monoisotopic (exact) mass is 324 g/mol. The second kappa shape index (κ2) is 6.44. The highest BCUT2D eigenvalue weighted by Gasteiger charge is 2.40. The Morgan fingerprint density at radius 2 is 2.12 bits per heavy atom. The van der Waals surface area contributed by atoms with Crippen LogP contribution in [0.1, 0.15) is 42.6 Å². The highest BCUT2D eigenvalue weighted by Crippen LogP contribution is 2.44. The lowest BCUT2D eigenvalue weighted by Gasteiger charge is -2.35. The van der Waals surface area contributed by atoms with Crippen LogP contribution in [0, 0.1) is 0 Å². The molecular formula is C20H24N2O2. The highest BCUT2D eigenvalue weighted by atomic mass is 16.5. The van der Waals surface area contributed by atoms with Gasteiger partial charge in [-0.05, 0) is 49.1 Å². The van der Waals surface area contributed by atoms with E-state index in [0.29, 0.717) is 18.7 Å². The van der Waals surface area contributed by atoms with Crippen molar-refractivity contribution in [3.8, 4) is 11.5 Å². The Hall–Kier alpha value is -2.07. The third-order valence-electron chi connectivity index (χ3n) is 5.25. The normalized spacial score (nSPS) is 22.2. The summed E-state index contributed by atoms with van der Waals surface area (Å²) in [4.78, 5) is 7.24. The Labute approximate surface area is 143 Å². The van der Waals surface area contributed by atoms with Gasteiger partial charge in [-0.15, -0.1) is 0 Å². The summed E-state index contributed by atoms with van der Waals surface area (Å²) in [6.45, 7) is 3.60. The lowest BCUT2D eigenvalue weighted by molar-refractivity contribution is 0.166. The summed E-state index contributed by atoms with van der Waals surface area (Å²) in [7, 11) is 1.69. The van der Waals surface area contributed by atoms with Crippen LogP contribution in [-0.2, 0) is 13.0 Å². The van der Waals surface area contributed by atoms with E-state index in [-0.39, 0.29) is 0 Å². The third kappa shape index (κ3) is 2.65. The van der Waals surface area contributed by atoms with E-state index in [4.69, 9.17) is 9.47 Å². The van der Waals surface area contributed by atoms with Crippen LogP contribution in [0.15, 0.2) is 36.5 Å². The second-order valence-electron chi connectivity index (χ2n) is 6.58. The van der Waals surface area contributed by atoms with Crippen LogP contribution in [0.2, 0.25) is 0 Å². The van der Waals surface area contributed by atoms with Crippen molar-refractivity contribution in [2.45, 2.75) is 44.8 Å². The SMILES string of the molecule is CCOc1cc(CN2C3CCC2c2cccnc2C3)ccc1OC. The summed E-state index contributed by atoms with van der Waals surface area (Å²) >= 11 is 0. The number of pyridine rings is 1. The van der Waals surface area contributed by atoms with Crippen molar-refractivity contribution in [1.82, 2.24) is 9.88 Å². The van der Waals surface area contributed by atoms with Gasteiger partial charge in [-0.3, -0.25) is 9.88 Å². The van der Waals surface area contributed by atoms with Crippen molar-refractivity contribution in [2.75, 3.05) is 13.7 Å². The van der Waals surface area contributed by atoms with Gasteiger partial charge in [-0.2, -0.15) is 0 Å². The second-order valence-corrected chi connectivity index (χ2v) is 6.58. The average molecular weight is 324 g/mol. The van der Waals surface area contributed by atoms with Gasteiger partial charge in [-0.1, -0.05) is 12.1 Å². The molecule has 0 radical (unpaired) electrons. The molecule has 2 bridgehead atoms. The minimum Gasteiger partial charge on any atom is -0.493 e. The Balaban J connectivity index is 1.59. The predicted octanol–water partition coefficient (Wildman–Crippen LogP) is 3.75. The van der Waals surface area contributed by atoms with Crippen LogP contribution in [0.4, 0.5) is 0 Å². The molecule has 4 heteroatoms. The Morgan fingerprint density at radius 1 is 1.21 bits per heavy atom. The number of ether oxygens (including phenoxy) is 2. The molecule has 1 aromatic heterocycles. The molecule has 2 aliphatic rings. The van der Waals surface area contributed by atoms with E-state index in [9.17, 15) is 0 Å². The zero-order valence-corrected chi connectivity index (χ0v) is 14.4. The van der Waals surface area contributed by atoms with Crippen molar-refractivity contribution >= 4 is 0 Å². The van der Waals surface area contributed by atoms with Gasteiger partial charge < -0.3 is 9.47 Å². The van der Waals surface area contributed by atoms with Crippen LogP contribution in [0.3, 0.4) is 0 Å². The standard InChI is InChI=1S/C20H24N2O2/c1-3-24-20-11-14(6-9-19(20)23-2)13-22-15-7-8-18(22)16-5-4-10-21-17(16)12-15/h4-6,9-11,15,18H,3,7-8,12-13H2,1-2H3. The minimum absolute atomic E-state index is 0.505. The minimum atomic E-state index is 0.505. The van der Waals surface area contributed by atoms with Gasteiger partial charge in [-0.25, -0.2) is 0 Å². The number of methoxy groups -OCH3 is 1. The quantitative estimate of drug-likeness (QED) is 0.839. The number of aromatic nitrogens is 1. The van der Waals surface area contributed by atoms with Crippen molar-refractivity contribution in [1.29, 1.82) is 0 Å². The van der Waals surface area contributed by atoms with Crippen LogP contribution in [0.25, 0.3) is 0 Å². The number of nitrogens with zero attached hydrogens (tertiary/aromatic N) is 2. The van der Waals surface area contributed by atoms with Gasteiger partial charge in [0.1, 0.15) is 0 Å². The molecule has 1 aromatic carbocycles. The molecule has 1 saturated heterocycles. The fourth-order valence-corrected chi connectivity index (χ4v) is 4.18. The fraction of sp³-hybridized carbons (Fsp3) is 0.450. The van der Waals surface area contributed by atoms with Crippen molar-refractivity contribution < 1.29 is 9.47 Å². The first-order valence-electron chi connectivity index (χ1n) is 8.79. The van der Waals surface area contributed by atoms with Crippen LogP contribution >= 0.6 is 0 Å². The summed E-state index contributed by atoms with van der Waals surface area (Å²) in [5, 5.41) is 0. The number of fused-ring (bicyclic) bond motifs is 4. The topological polar surface area (TPSA) is 34.6 Å². The van der Waals surface area contributed by atoms with E-state index in [1.54, 1.807) is 7.11 Å². The van der Waals surface area contributed by atoms with E-state index < -0.39 is 0 Å². The molecule has 2 aromatic rings. The molecule has 0 amide bonds. The van der Waals surface area contributed by atoms with E-state index in [1.165, 1.54) is 29.7 Å². The molecule has 0 saturated carbocycles. The van der Waals surface area contributed by atoms with Gasteiger partial charge >= 0.3 is 0 Å². The van der Waals surface area contributed by atoms with Gasteiger partial charge in [0.2, 0.25) is 0 Å². The van der Waals surface area contributed by atoms with Gasteiger partial charge in [0.05, 0.1) is 13.7 Å². The molecule has 0 spiro atoms. The van der Waals surface area contributed by atoms with Crippen molar-refractivity contribution in [2.24, 2.45) is 0 Å². The largest absolute Gasteiger partial charge is 0.493 e. The zero-order chi connectivity index (χ0) is 16.5. The molecule has 2 atom stereocenters. The molecular weight excluding hydrogens is 300 g/mol. The third-order valence-corrected chi connectivity index (χ3v) is 5.25. The zero-order valence-electron chi connectivity index (χ0n) is 14.4. The number of benzene rings is 1. The van der Waals surface area contributed by atoms with Crippen molar-refractivity contribution in [3.05, 3.63) is 53.3 Å². The van der Waals surface area contributed by atoms with Gasteiger partial charge in [0.15, 0.2) is 11.5 Å². The molecule has 4 nitrogen and oxygen atoms in total. The van der Waals surface area contributed by atoms with Crippen LogP contribution in [-0.4, -0.2) is 29.6 Å². The molecule has 2 unspecified atom stereocenters. The summed E-state index contributed by atoms with van der Waals surface area (Å²) in [6.07, 6.45) is 5.49. The number of hydrogen-bond acceptors (Lipinski definition) is 4. The first-order chi connectivity index (χ1) is 11.8. The summed E-state index contributed by atoms with van der Waals surface area (Å²) in [5.74, 6) is 1.64. The Kier molecular flexibility index (Phi) is 4.15. The maximum Gasteiger partial charge on any atom is 0.161 e. The molecule has 3 heterocycles. The van der Waals surface area contributed by atoms with E-state index in [1.807, 2.05) is 19.2 Å². The van der Waals surface area contributed by atoms with Gasteiger partial charge in [0.25, 0.3) is 0 Å². The van der Waals surface area contributed by atoms with Gasteiger partial charge in [0, 0.05) is 36.9 Å². The van der Waals surface area contributed by atoms with E-state index >= 15 is 0 Å². The molecule has 1 fully saturated rings. The molecule has 126 valence electrons. The molecule has 4 rings (SSSR count). The van der Waals surface area contributed by atoms with E-state index in [0.717, 1.165) is 24.5 Å². The molecule has 24 heavy (non-hydrogen) atoms. The highest BCUT2D eigenvalue weighted by molar-refractivity contribution is 5.43.